The van der Waals surface area contributed by atoms with Crippen LogP contribution in [0.2, 0.25) is 0 Å². The second-order valence-electron chi connectivity index (χ2n) is 19.8. The Morgan fingerprint density at radius 1 is 0.382 bits per heavy atom. The van der Waals surface area contributed by atoms with Gasteiger partial charge in [-0.15, -0.1) is 0 Å². The molecule has 0 amide bonds. The maximum Gasteiger partial charge on any atom is 0.472 e. The Bertz CT molecular complexity index is 1640. The minimum Gasteiger partial charge on any atom is -0.462 e. The Balaban J connectivity index is 4.74. The standard InChI is InChI=1S/C64H109O11P/c1-4-7-10-13-16-19-22-25-27-29-30-32-34-37-40-43-46-49-52-55-64(68)75-61(57-71-62(66)53-50-47-44-41-38-35-24-21-18-15-12-9-6-3)59-73-76(69,70)72-58-60(56-65)74-63(67)54-51-48-45-42-39-36-33-31-28-26-23-20-17-14-11-8-5-2/h7,10,12,15-17,19-21,24-28,30,32,60-61,65H,4-6,8-9,11,13-14,18,22-23,29,31,33-59H2,1-3H3,(H,69,70)/b10-7-,15-12-,19-16-,20-17-,24-21-,27-25-,28-26-,32-30-. The number of ether oxygens (including phenoxy) is 3. The molecular weight excluding hydrogens is 976 g/mol. The highest BCUT2D eigenvalue weighted by atomic mass is 31.2. The Morgan fingerprint density at radius 2 is 0.711 bits per heavy atom. The van der Waals surface area contributed by atoms with Crippen LogP contribution >= 0.6 is 7.82 Å². The smallest absolute Gasteiger partial charge is 0.462 e. The second-order valence-corrected chi connectivity index (χ2v) is 21.2. The minimum atomic E-state index is -4.76. The number of esters is 3. The molecule has 0 heterocycles. The predicted octanol–water partition coefficient (Wildman–Crippen LogP) is 18.0. The SMILES string of the molecule is CC/C=C\C/C=C\C/C=C\C/C=C\CCCCCCCCC(=O)OC(COC(=O)CCCCCCC/C=C\C/C=C\CCC)COP(=O)(O)OCC(CO)OC(=O)CCCCCCCCC/C=C\C/C=C\CCCCC. The van der Waals surface area contributed by atoms with Gasteiger partial charge in [0.1, 0.15) is 12.7 Å². The number of phosphoric acid groups is 1. The van der Waals surface area contributed by atoms with E-state index in [0.29, 0.717) is 19.3 Å². The molecule has 12 heteroatoms. The lowest BCUT2D eigenvalue weighted by atomic mass is 10.1. The van der Waals surface area contributed by atoms with Gasteiger partial charge in [-0.25, -0.2) is 4.57 Å². The number of carbonyl (C=O) groups is 3. The van der Waals surface area contributed by atoms with Gasteiger partial charge in [-0.3, -0.25) is 23.4 Å². The molecule has 0 aromatic heterocycles. The largest absolute Gasteiger partial charge is 0.472 e. The van der Waals surface area contributed by atoms with E-state index in [4.69, 9.17) is 23.3 Å². The predicted molar refractivity (Wildman–Crippen MR) is 316 cm³/mol. The van der Waals surface area contributed by atoms with Crippen LogP contribution in [0.5, 0.6) is 0 Å². The molecule has 0 spiro atoms. The summed E-state index contributed by atoms with van der Waals surface area (Å²) in [4.78, 5) is 48.6. The molecule has 0 aliphatic carbocycles. The molecule has 0 rings (SSSR count). The average molecular weight is 1090 g/mol. The van der Waals surface area contributed by atoms with E-state index in [1.807, 2.05) is 0 Å². The first-order valence-electron chi connectivity index (χ1n) is 30.1. The third-order valence-corrected chi connectivity index (χ3v) is 13.4. The van der Waals surface area contributed by atoms with Gasteiger partial charge in [0.2, 0.25) is 0 Å². The van der Waals surface area contributed by atoms with Crippen molar-refractivity contribution in [2.24, 2.45) is 0 Å². The van der Waals surface area contributed by atoms with Crippen LogP contribution in [0.3, 0.4) is 0 Å². The van der Waals surface area contributed by atoms with E-state index >= 15 is 0 Å². The maximum atomic E-state index is 12.9. The van der Waals surface area contributed by atoms with E-state index in [1.165, 1.54) is 44.9 Å². The number of hydrogen-bond acceptors (Lipinski definition) is 10. The number of carbonyl (C=O) groups excluding carboxylic acids is 3. The van der Waals surface area contributed by atoms with Crippen molar-refractivity contribution in [1.82, 2.24) is 0 Å². The van der Waals surface area contributed by atoms with Gasteiger partial charge in [0.25, 0.3) is 0 Å². The van der Waals surface area contributed by atoms with Gasteiger partial charge < -0.3 is 24.2 Å². The second kappa shape index (κ2) is 57.6. The molecule has 3 atom stereocenters. The van der Waals surface area contributed by atoms with Crippen LogP contribution in [-0.4, -0.2) is 66.5 Å². The number of aliphatic hydroxyl groups is 1. The molecule has 0 radical (unpaired) electrons. The van der Waals surface area contributed by atoms with Crippen LogP contribution in [0.15, 0.2) is 97.2 Å². The van der Waals surface area contributed by atoms with Crippen LogP contribution in [0, 0.1) is 0 Å². The third-order valence-electron chi connectivity index (χ3n) is 12.4. The fourth-order valence-electron chi connectivity index (χ4n) is 7.89. The molecule has 436 valence electrons. The summed E-state index contributed by atoms with van der Waals surface area (Å²) in [5, 5.41) is 9.83. The molecule has 0 bridgehead atoms. The molecule has 0 aromatic rings. The summed E-state index contributed by atoms with van der Waals surface area (Å²) in [7, 11) is -4.76. The van der Waals surface area contributed by atoms with E-state index in [-0.39, 0.29) is 25.9 Å². The van der Waals surface area contributed by atoms with Crippen LogP contribution in [0.4, 0.5) is 0 Å². The number of phosphoric ester groups is 1. The lowest BCUT2D eigenvalue weighted by Gasteiger charge is -2.21. The lowest BCUT2D eigenvalue weighted by molar-refractivity contribution is -0.161. The van der Waals surface area contributed by atoms with E-state index in [0.717, 1.165) is 148 Å². The number of aliphatic hydroxyl groups excluding tert-OH is 1. The Morgan fingerprint density at radius 3 is 1.11 bits per heavy atom. The van der Waals surface area contributed by atoms with E-state index in [9.17, 15) is 28.9 Å². The van der Waals surface area contributed by atoms with Gasteiger partial charge in [-0.1, -0.05) is 214 Å². The van der Waals surface area contributed by atoms with Crippen LogP contribution in [0.25, 0.3) is 0 Å². The number of unbranched alkanes of at least 4 members (excludes halogenated alkanes) is 22. The van der Waals surface area contributed by atoms with E-state index < -0.39 is 57.8 Å². The van der Waals surface area contributed by atoms with Gasteiger partial charge in [-0.05, 0) is 116 Å². The van der Waals surface area contributed by atoms with Crippen molar-refractivity contribution < 1.29 is 52.2 Å². The van der Waals surface area contributed by atoms with Crippen LogP contribution in [0.1, 0.15) is 252 Å². The molecule has 0 aromatic carbocycles. The molecule has 0 saturated heterocycles. The summed E-state index contributed by atoms with van der Waals surface area (Å²) in [5.74, 6) is -1.51. The van der Waals surface area contributed by atoms with Crippen LogP contribution in [-0.2, 0) is 42.2 Å². The number of rotatable bonds is 55. The molecule has 0 aliphatic heterocycles. The molecule has 2 N–H and O–H groups in total. The molecule has 3 unspecified atom stereocenters. The van der Waals surface area contributed by atoms with E-state index in [1.54, 1.807) is 0 Å². The van der Waals surface area contributed by atoms with Crippen molar-refractivity contribution in [2.75, 3.05) is 26.4 Å². The minimum absolute atomic E-state index is 0.144. The molecule has 11 nitrogen and oxygen atoms in total. The van der Waals surface area contributed by atoms with Crippen molar-refractivity contribution in [1.29, 1.82) is 0 Å². The van der Waals surface area contributed by atoms with Crippen molar-refractivity contribution in [2.45, 2.75) is 264 Å². The Kier molecular flexibility index (Phi) is 54.8. The lowest BCUT2D eigenvalue weighted by Crippen LogP contribution is -2.30. The van der Waals surface area contributed by atoms with Gasteiger partial charge in [0.05, 0.1) is 19.8 Å². The first kappa shape index (κ1) is 72.4. The molecular formula is C64H109O11P. The number of allylic oxidation sites excluding steroid dienone is 16. The summed E-state index contributed by atoms with van der Waals surface area (Å²) >= 11 is 0. The van der Waals surface area contributed by atoms with Gasteiger partial charge in [0, 0.05) is 19.3 Å². The highest BCUT2D eigenvalue weighted by molar-refractivity contribution is 7.47. The summed E-state index contributed by atoms with van der Waals surface area (Å²) in [6.45, 7) is 4.41. The first-order valence-corrected chi connectivity index (χ1v) is 31.6. The van der Waals surface area contributed by atoms with Gasteiger partial charge >= 0.3 is 25.7 Å². The topological polar surface area (TPSA) is 155 Å². The van der Waals surface area contributed by atoms with Crippen molar-refractivity contribution >= 4 is 25.7 Å². The van der Waals surface area contributed by atoms with Crippen molar-refractivity contribution in [3.63, 3.8) is 0 Å². The normalized spacial score (nSPS) is 14.0. The molecule has 0 aliphatic rings. The highest BCUT2D eigenvalue weighted by Crippen LogP contribution is 2.43. The van der Waals surface area contributed by atoms with Crippen molar-refractivity contribution in [3.8, 4) is 0 Å². The van der Waals surface area contributed by atoms with Crippen molar-refractivity contribution in [3.05, 3.63) is 97.2 Å². The summed E-state index contributed by atoms with van der Waals surface area (Å²) < 4.78 is 39.6. The number of hydrogen-bond donors (Lipinski definition) is 2. The van der Waals surface area contributed by atoms with Crippen LogP contribution < -0.4 is 0 Å². The summed E-state index contributed by atoms with van der Waals surface area (Å²) in [5.41, 5.74) is 0. The zero-order valence-electron chi connectivity index (χ0n) is 48.2. The zero-order valence-corrected chi connectivity index (χ0v) is 49.1. The summed E-state index contributed by atoms with van der Waals surface area (Å²) in [6.07, 6.45) is 67.8. The first-order chi connectivity index (χ1) is 37.2. The quantitative estimate of drug-likeness (QED) is 0.0197. The fourth-order valence-corrected chi connectivity index (χ4v) is 8.67. The monoisotopic (exact) mass is 1080 g/mol. The van der Waals surface area contributed by atoms with Gasteiger partial charge in [-0.2, -0.15) is 0 Å². The molecule has 0 saturated carbocycles. The van der Waals surface area contributed by atoms with E-state index in [2.05, 4.69) is 118 Å². The maximum absolute atomic E-state index is 12.9. The van der Waals surface area contributed by atoms with Gasteiger partial charge in [0.15, 0.2) is 6.10 Å². The third kappa shape index (κ3) is 55.2. The molecule has 76 heavy (non-hydrogen) atoms. The molecule has 0 fully saturated rings. The summed E-state index contributed by atoms with van der Waals surface area (Å²) in [6, 6.07) is 0. The zero-order chi connectivity index (χ0) is 55.5. The average Bonchev–Trinajstić information content (AvgIpc) is 3.41. The fraction of sp³-hybridized carbons (Fsp3) is 0.703. The Hall–Kier alpha value is -3.60. The Labute approximate surface area is 463 Å². The highest BCUT2D eigenvalue weighted by Gasteiger charge is 2.28.